The monoisotopic (exact) mass is 235 g/mol. The summed E-state index contributed by atoms with van der Waals surface area (Å²) in [6.07, 6.45) is 0. The van der Waals surface area contributed by atoms with Gasteiger partial charge in [-0.1, -0.05) is 18.2 Å². The summed E-state index contributed by atoms with van der Waals surface area (Å²) in [7, 11) is 3.25. The van der Waals surface area contributed by atoms with Gasteiger partial charge in [0.2, 0.25) is 0 Å². The Labute approximate surface area is 101 Å². The molecule has 0 aliphatic heterocycles. The van der Waals surface area contributed by atoms with Crippen molar-refractivity contribution in [2.24, 2.45) is 0 Å². The van der Waals surface area contributed by atoms with E-state index in [2.05, 4.69) is 9.72 Å². The smallest absolute Gasteiger partial charge is 0.354 e. The highest BCUT2D eigenvalue weighted by Crippen LogP contribution is 2.14. The van der Waals surface area contributed by atoms with E-state index in [0.717, 1.165) is 10.9 Å². The van der Waals surface area contributed by atoms with Gasteiger partial charge in [0.15, 0.2) is 0 Å². The number of nitrogens with one attached hydrogen (secondary N) is 1. The lowest BCUT2D eigenvalue weighted by atomic mass is 10.2. The second-order valence-electron chi connectivity index (χ2n) is 3.40. The molecule has 0 radical (unpaired) electrons. The minimum absolute atomic E-state index is 0.302. The fraction of sp³-hybridized carbons (Fsp3) is 0.308. The van der Waals surface area contributed by atoms with Gasteiger partial charge in [-0.25, -0.2) is 4.79 Å². The zero-order valence-corrected chi connectivity index (χ0v) is 10.3. The second-order valence-corrected chi connectivity index (χ2v) is 3.40. The molecular weight excluding hydrogens is 218 g/mol. The molecule has 1 aromatic heterocycles. The van der Waals surface area contributed by atoms with Crippen molar-refractivity contribution >= 4 is 16.9 Å². The van der Waals surface area contributed by atoms with Gasteiger partial charge in [0, 0.05) is 25.1 Å². The van der Waals surface area contributed by atoms with Crippen LogP contribution < -0.4 is 0 Å². The van der Waals surface area contributed by atoms with Gasteiger partial charge in [-0.3, -0.25) is 0 Å². The molecule has 0 aliphatic carbocycles. The summed E-state index contributed by atoms with van der Waals surface area (Å²) < 4.78 is 9.14. The van der Waals surface area contributed by atoms with Gasteiger partial charge in [0.25, 0.3) is 0 Å². The summed E-state index contributed by atoms with van der Waals surface area (Å²) in [5.41, 5.74) is 1.46. The van der Waals surface area contributed by atoms with Crippen LogP contribution in [0.3, 0.4) is 0 Å². The lowest BCUT2D eigenvalue weighted by molar-refractivity contribution is 0.0520. The number of rotatable bonds is 2. The van der Waals surface area contributed by atoms with Crippen LogP contribution in [0, 0.1) is 0 Å². The van der Waals surface area contributed by atoms with Gasteiger partial charge in [-0.15, -0.1) is 0 Å². The molecule has 4 nitrogen and oxygen atoms in total. The van der Waals surface area contributed by atoms with E-state index in [4.69, 9.17) is 4.74 Å². The molecule has 0 spiro atoms. The molecule has 4 heteroatoms. The molecule has 0 saturated heterocycles. The van der Waals surface area contributed by atoms with E-state index >= 15 is 0 Å². The highest BCUT2D eigenvalue weighted by atomic mass is 16.5. The number of para-hydroxylation sites is 1. The lowest BCUT2D eigenvalue weighted by Crippen LogP contribution is -2.04. The van der Waals surface area contributed by atoms with Crippen LogP contribution in [0.15, 0.2) is 30.3 Å². The first-order chi connectivity index (χ1) is 8.22. The van der Waals surface area contributed by atoms with Crippen LogP contribution in [0.2, 0.25) is 0 Å². The number of methoxy groups -OCH3 is 1. The van der Waals surface area contributed by atoms with E-state index < -0.39 is 0 Å². The first-order valence-electron chi connectivity index (χ1n) is 5.38. The fourth-order valence-corrected chi connectivity index (χ4v) is 1.39. The van der Waals surface area contributed by atoms with Crippen LogP contribution in [-0.2, 0) is 9.47 Å². The van der Waals surface area contributed by atoms with Gasteiger partial charge >= 0.3 is 5.97 Å². The number of carbonyl (C=O) groups excluding carboxylic acids is 1. The molecule has 2 aromatic rings. The number of H-pyrrole nitrogens is 1. The minimum Gasteiger partial charge on any atom is -0.461 e. The Bertz CT molecular complexity index is 443. The molecule has 0 bridgehead atoms. The third-order valence-corrected chi connectivity index (χ3v) is 2.03. The van der Waals surface area contributed by atoms with E-state index in [-0.39, 0.29) is 5.97 Å². The molecule has 0 unspecified atom stereocenters. The molecule has 92 valence electrons. The van der Waals surface area contributed by atoms with E-state index in [9.17, 15) is 4.79 Å². The highest BCUT2D eigenvalue weighted by molar-refractivity contribution is 5.94. The van der Waals surface area contributed by atoms with Crippen molar-refractivity contribution in [2.75, 3.05) is 20.8 Å². The molecule has 0 fully saturated rings. The Morgan fingerprint density at radius 2 is 1.94 bits per heavy atom. The standard InChI is InChI=1S/C11H11NO2.C2H6O/c1-2-14-11(13)10-7-8-5-3-4-6-9(8)12-10;1-3-2/h3-7,12H,2H2,1H3;1-2H3. The predicted octanol–water partition coefficient (Wildman–Crippen LogP) is 2.61. The zero-order chi connectivity index (χ0) is 12.7. The van der Waals surface area contributed by atoms with Gasteiger partial charge in [-0.05, 0) is 19.1 Å². The molecule has 0 saturated carbocycles. The normalized spacial score (nSPS) is 9.59. The zero-order valence-electron chi connectivity index (χ0n) is 10.3. The third kappa shape index (κ3) is 3.60. The summed E-state index contributed by atoms with van der Waals surface area (Å²) in [5, 5.41) is 1.02. The van der Waals surface area contributed by atoms with Gasteiger partial charge in [0.1, 0.15) is 5.69 Å². The SMILES string of the molecule is CCOC(=O)c1cc2ccccc2[nH]1.COC. The molecule has 0 amide bonds. The van der Waals surface area contributed by atoms with Crippen molar-refractivity contribution in [1.82, 2.24) is 4.98 Å². The Kier molecular flexibility index (Phi) is 5.23. The van der Waals surface area contributed by atoms with E-state index in [1.165, 1.54) is 0 Å². The van der Waals surface area contributed by atoms with Crippen molar-refractivity contribution in [3.63, 3.8) is 0 Å². The second kappa shape index (κ2) is 6.70. The summed E-state index contributed by atoms with van der Waals surface area (Å²) in [4.78, 5) is 14.4. The number of hydrogen-bond acceptors (Lipinski definition) is 3. The van der Waals surface area contributed by atoms with Crippen molar-refractivity contribution in [2.45, 2.75) is 6.92 Å². The third-order valence-electron chi connectivity index (χ3n) is 2.03. The largest absolute Gasteiger partial charge is 0.461 e. The highest BCUT2D eigenvalue weighted by Gasteiger charge is 2.08. The lowest BCUT2D eigenvalue weighted by Gasteiger charge is -1.96. The van der Waals surface area contributed by atoms with Crippen molar-refractivity contribution in [3.05, 3.63) is 36.0 Å². The maximum atomic E-state index is 11.4. The molecule has 1 aromatic carbocycles. The Morgan fingerprint density at radius 1 is 1.29 bits per heavy atom. The topological polar surface area (TPSA) is 51.3 Å². The summed E-state index contributed by atoms with van der Waals surface area (Å²) in [6.45, 7) is 2.19. The number of esters is 1. The molecule has 17 heavy (non-hydrogen) atoms. The van der Waals surface area contributed by atoms with Crippen molar-refractivity contribution in [3.8, 4) is 0 Å². The van der Waals surface area contributed by atoms with Gasteiger partial charge < -0.3 is 14.5 Å². The number of carbonyl (C=O) groups is 1. The molecular formula is C13H17NO3. The number of aromatic amines is 1. The fourth-order valence-electron chi connectivity index (χ4n) is 1.39. The first-order valence-corrected chi connectivity index (χ1v) is 5.38. The number of hydrogen-bond donors (Lipinski definition) is 1. The predicted molar refractivity (Wildman–Crippen MR) is 67.2 cm³/mol. The first kappa shape index (κ1) is 13.3. The van der Waals surface area contributed by atoms with Crippen LogP contribution in [-0.4, -0.2) is 31.8 Å². The summed E-state index contributed by atoms with van der Waals surface area (Å²) >= 11 is 0. The van der Waals surface area contributed by atoms with Crippen LogP contribution >= 0.6 is 0 Å². The van der Waals surface area contributed by atoms with Gasteiger partial charge in [-0.2, -0.15) is 0 Å². The summed E-state index contributed by atoms with van der Waals surface area (Å²) in [6, 6.07) is 9.54. The van der Waals surface area contributed by atoms with Crippen molar-refractivity contribution in [1.29, 1.82) is 0 Å². The minimum atomic E-state index is -0.302. The van der Waals surface area contributed by atoms with Crippen LogP contribution in [0.5, 0.6) is 0 Å². The quantitative estimate of drug-likeness (QED) is 0.814. The molecule has 0 atom stereocenters. The van der Waals surface area contributed by atoms with Crippen LogP contribution in [0.25, 0.3) is 10.9 Å². The average Bonchev–Trinajstić information content (AvgIpc) is 2.74. The molecule has 0 aliphatic rings. The van der Waals surface area contributed by atoms with Crippen LogP contribution in [0.1, 0.15) is 17.4 Å². The number of aromatic nitrogens is 1. The van der Waals surface area contributed by atoms with E-state index in [1.54, 1.807) is 27.2 Å². The summed E-state index contributed by atoms with van der Waals surface area (Å²) in [5.74, 6) is -0.302. The Hall–Kier alpha value is -1.81. The average molecular weight is 235 g/mol. The molecule has 2 rings (SSSR count). The number of benzene rings is 1. The van der Waals surface area contributed by atoms with Crippen LogP contribution in [0.4, 0.5) is 0 Å². The van der Waals surface area contributed by atoms with E-state index in [0.29, 0.717) is 12.3 Å². The number of fused-ring (bicyclic) bond motifs is 1. The molecule has 1 N–H and O–H groups in total. The van der Waals surface area contributed by atoms with E-state index in [1.807, 2.05) is 24.3 Å². The Morgan fingerprint density at radius 3 is 2.53 bits per heavy atom. The van der Waals surface area contributed by atoms with Gasteiger partial charge in [0.05, 0.1) is 6.61 Å². The number of ether oxygens (including phenoxy) is 2. The van der Waals surface area contributed by atoms with Crippen molar-refractivity contribution < 1.29 is 14.3 Å². The maximum absolute atomic E-state index is 11.4. The Balaban J connectivity index is 0.000000437. The molecule has 1 heterocycles. The maximum Gasteiger partial charge on any atom is 0.354 e.